The minimum atomic E-state index is -0.630. The summed E-state index contributed by atoms with van der Waals surface area (Å²) in [6.45, 7) is 1.73. The lowest BCUT2D eigenvalue weighted by atomic mass is 10.1. The molecule has 0 radical (unpaired) electrons. The molecule has 0 saturated carbocycles. The molecule has 2 aromatic rings. The van der Waals surface area contributed by atoms with Crippen molar-refractivity contribution in [3.8, 4) is 0 Å². The van der Waals surface area contributed by atoms with Crippen LogP contribution in [-0.2, 0) is 0 Å². The lowest BCUT2D eigenvalue weighted by molar-refractivity contribution is 0.102. The molecule has 0 spiro atoms. The largest absolute Gasteiger partial charge is 0.322 e. The predicted octanol–water partition coefficient (Wildman–Crippen LogP) is 4.29. The van der Waals surface area contributed by atoms with Crippen molar-refractivity contribution in [3.63, 3.8) is 0 Å². The van der Waals surface area contributed by atoms with E-state index in [0.717, 1.165) is 0 Å². The molecular weight excluding hydrogens is 316 g/mol. The normalized spacial score (nSPS) is 10.3. The summed E-state index contributed by atoms with van der Waals surface area (Å²) in [6.07, 6.45) is 0. The summed E-state index contributed by atoms with van der Waals surface area (Å²) < 4.78 is 27.3. The van der Waals surface area contributed by atoms with Gasteiger partial charge >= 0.3 is 0 Å². The van der Waals surface area contributed by atoms with Crippen LogP contribution in [0, 0.1) is 18.6 Å². The fourth-order valence-corrected chi connectivity index (χ4v) is 1.95. The van der Waals surface area contributed by atoms with E-state index in [9.17, 15) is 13.6 Å². The highest BCUT2D eigenvalue weighted by atomic mass is 79.9. The Morgan fingerprint density at radius 2 is 1.89 bits per heavy atom. The molecule has 0 aliphatic heterocycles. The molecule has 2 nitrogen and oxygen atoms in total. The Morgan fingerprint density at radius 1 is 1.16 bits per heavy atom. The molecular formula is C14H10BrF2NO. The molecule has 19 heavy (non-hydrogen) atoms. The van der Waals surface area contributed by atoms with Gasteiger partial charge in [0.25, 0.3) is 5.91 Å². The number of aryl methyl sites for hydroxylation is 1. The van der Waals surface area contributed by atoms with Crippen LogP contribution in [0.5, 0.6) is 0 Å². The smallest absolute Gasteiger partial charge is 0.258 e. The molecule has 0 fully saturated rings. The molecule has 0 bridgehead atoms. The van der Waals surface area contributed by atoms with Gasteiger partial charge in [0.05, 0.1) is 5.56 Å². The van der Waals surface area contributed by atoms with Crippen molar-refractivity contribution in [1.29, 1.82) is 0 Å². The molecule has 0 heterocycles. The first-order valence-electron chi connectivity index (χ1n) is 5.50. The summed E-state index contributed by atoms with van der Waals surface area (Å²) >= 11 is 3.17. The van der Waals surface area contributed by atoms with E-state index in [4.69, 9.17) is 0 Å². The van der Waals surface area contributed by atoms with Gasteiger partial charge in [-0.15, -0.1) is 0 Å². The fourth-order valence-electron chi connectivity index (χ4n) is 1.59. The Bertz CT molecular complexity index is 643. The molecule has 2 aromatic carbocycles. The van der Waals surface area contributed by atoms with Crippen LogP contribution >= 0.6 is 15.9 Å². The molecule has 2 rings (SSSR count). The second-order valence-electron chi connectivity index (χ2n) is 4.04. The number of amides is 1. The summed E-state index contributed by atoms with van der Waals surface area (Å²) in [5.74, 6) is -1.71. The number of nitrogens with one attached hydrogen (secondary N) is 1. The molecule has 1 N–H and O–H groups in total. The minimum absolute atomic E-state index is 0.0990. The van der Waals surface area contributed by atoms with Crippen LogP contribution in [0.1, 0.15) is 15.9 Å². The minimum Gasteiger partial charge on any atom is -0.322 e. The van der Waals surface area contributed by atoms with Crippen molar-refractivity contribution in [2.75, 3.05) is 5.32 Å². The van der Waals surface area contributed by atoms with Crippen molar-refractivity contribution < 1.29 is 13.6 Å². The first-order valence-corrected chi connectivity index (χ1v) is 6.29. The van der Waals surface area contributed by atoms with Crippen molar-refractivity contribution in [3.05, 3.63) is 63.6 Å². The number of hydrogen-bond donors (Lipinski definition) is 1. The second kappa shape index (κ2) is 5.48. The van der Waals surface area contributed by atoms with E-state index in [1.165, 1.54) is 30.3 Å². The third kappa shape index (κ3) is 3.17. The van der Waals surface area contributed by atoms with Crippen molar-refractivity contribution in [1.82, 2.24) is 0 Å². The van der Waals surface area contributed by atoms with Crippen LogP contribution in [0.25, 0.3) is 0 Å². The van der Waals surface area contributed by atoms with Crippen LogP contribution in [0.2, 0.25) is 0 Å². The quantitative estimate of drug-likeness (QED) is 0.876. The predicted molar refractivity (Wildman–Crippen MR) is 73.2 cm³/mol. The number of halogens is 3. The van der Waals surface area contributed by atoms with Crippen molar-refractivity contribution in [2.24, 2.45) is 0 Å². The van der Waals surface area contributed by atoms with E-state index in [1.807, 2.05) is 0 Å². The highest BCUT2D eigenvalue weighted by molar-refractivity contribution is 9.10. The molecule has 0 unspecified atom stereocenters. The standard InChI is InChI=1S/C14H10BrF2NO/c1-8-2-4-10(16)7-13(8)18-14(19)11-6-9(15)3-5-12(11)17/h2-7H,1H3,(H,18,19). The zero-order chi connectivity index (χ0) is 14.0. The summed E-state index contributed by atoms with van der Waals surface area (Å²) in [7, 11) is 0. The molecule has 0 aliphatic rings. The molecule has 0 saturated heterocycles. The summed E-state index contributed by atoms with van der Waals surface area (Å²) in [5.41, 5.74) is 0.924. The Hall–Kier alpha value is -1.75. The van der Waals surface area contributed by atoms with Crippen LogP contribution in [-0.4, -0.2) is 5.91 Å². The Balaban J connectivity index is 2.30. The monoisotopic (exact) mass is 325 g/mol. The number of anilines is 1. The first-order chi connectivity index (χ1) is 8.97. The van der Waals surface area contributed by atoms with Gasteiger partial charge in [-0.3, -0.25) is 4.79 Å². The molecule has 0 atom stereocenters. The van der Waals surface area contributed by atoms with Gasteiger partial charge in [0.2, 0.25) is 0 Å². The fraction of sp³-hybridized carbons (Fsp3) is 0.0714. The second-order valence-corrected chi connectivity index (χ2v) is 4.95. The van der Waals surface area contributed by atoms with Gasteiger partial charge in [0.1, 0.15) is 11.6 Å². The lowest BCUT2D eigenvalue weighted by Crippen LogP contribution is -2.14. The summed E-state index contributed by atoms with van der Waals surface area (Å²) in [6, 6.07) is 8.10. The van der Waals surface area contributed by atoms with E-state index in [0.29, 0.717) is 15.7 Å². The highest BCUT2D eigenvalue weighted by Crippen LogP contribution is 2.20. The molecule has 1 amide bonds. The summed E-state index contributed by atoms with van der Waals surface area (Å²) in [5, 5.41) is 2.50. The first kappa shape index (κ1) is 13.7. The third-order valence-electron chi connectivity index (χ3n) is 2.62. The molecule has 0 aliphatic carbocycles. The van der Waals surface area contributed by atoms with Crippen LogP contribution in [0.15, 0.2) is 40.9 Å². The maximum atomic E-state index is 13.5. The van der Waals surface area contributed by atoms with Gasteiger partial charge < -0.3 is 5.32 Å². The Morgan fingerprint density at radius 3 is 2.63 bits per heavy atom. The van der Waals surface area contributed by atoms with Gasteiger partial charge in [-0.1, -0.05) is 22.0 Å². The Kier molecular flexibility index (Phi) is 3.95. The van der Waals surface area contributed by atoms with Gasteiger partial charge in [-0.25, -0.2) is 8.78 Å². The zero-order valence-corrected chi connectivity index (χ0v) is 11.6. The number of carbonyl (C=O) groups excluding carboxylic acids is 1. The third-order valence-corrected chi connectivity index (χ3v) is 3.11. The van der Waals surface area contributed by atoms with Crippen LogP contribution < -0.4 is 5.32 Å². The van der Waals surface area contributed by atoms with E-state index in [2.05, 4.69) is 21.2 Å². The number of benzene rings is 2. The van der Waals surface area contributed by atoms with E-state index in [-0.39, 0.29) is 5.56 Å². The lowest BCUT2D eigenvalue weighted by Gasteiger charge is -2.09. The van der Waals surface area contributed by atoms with Gasteiger partial charge in [-0.05, 0) is 42.8 Å². The van der Waals surface area contributed by atoms with E-state index in [1.54, 1.807) is 13.0 Å². The van der Waals surface area contributed by atoms with E-state index < -0.39 is 17.5 Å². The number of carbonyl (C=O) groups is 1. The number of rotatable bonds is 2. The SMILES string of the molecule is Cc1ccc(F)cc1NC(=O)c1cc(Br)ccc1F. The van der Waals surface area contributed by atoms with Crippen molar-refractivity contribution >= 4 is 27.5 Å². The average molecular weight is 326 g/mol. The molecule has 98 valence electrons. The maximum absolute atomic E-state index is 13.5. The highest BCUT2D eigenvalue weighted by Gasteiger charge is 2.13. The average Bonchev–Trinajstić information content (AvgIpc) is 2.36. The van der Waals surface area contributed by atoms with E-state index >= 15 is 0 Å². The Labute approximate surface area is 117 Å². The molecule has 5 heteroatoms. The van der Waals surface area contributed by atoms with Gasteiger partial charge in [0, 0.05) is 10.2 Å². The van der Waals surface area contributed by atoms with Gasteiger partial charge in [-0.2, -0.15) is 0 Å². The number of hydrogen-bond acceptors (Lipinski definition) is 1. The summed E-state index contributed by atoms with van der Waals surface area (Å²) in [4.78, 5) is 12.0. The maximum Gasteiger partial charge on any atom is 0.258 e. The van der Waals surface area contributed by atoms with Crippen LogP contribution in [0.4, 0.5) is 14.5 Å². The van der Waals surface area contributed by atoms with Crippen LogP contribution in [0.3, 0.4) is 0 Å². The zero-order valence-electron chi connectivity index (χ0n) is 10.0. The molecule has 0 aromatic heterocycles. The van der Waals surface area contributed by atoms with Crippen molar-refractivity contribution in [2.45, 2.75) is 6.92 Å². The van der Waals surface area contributed by atoms with Gasteiger partial charge in [0.15, 0.2) is 0 Å². The topological polar surface area (TPSA) is 29.1 Å².